The fraction of sp³-hybridized carbons (Fsp3) is 0.136. The third-order valence-corrected chi connectivity index (χ3v) is 5.89. The summed E-state index contributed by atoms with van der Waals surface area (Å²) in [6.07, 6.45) is 0.861. The van der Waals surface area contributed by atoms with Gasteiger partial charge < -0.3 is 4.90 Å². The van der Waals surface area contributed by atoms with Crippen LogP contribution in [0, 0.1) is 10.1 Å². The molecule has 6 heteroatoms. The molecule has 28 heavy (non-hydrogen) atoms. The fourth-order valence-corrected chi connectivity index (χ4v) is 4.27. The van der Waals surface area contributed by atoms with Gasteiger partial charge in [0, 0.05) is 35.0 Å². The minimum absolute atomic E-state index is 0.0134. The Bertz CT molecular complexity index is 1030. The summed E-state index contributed by atoms with van der Waals surface area (Å²) in [6.45, 7) is 1.32. The number of benzene rings is 3. The third kappa shape index (κ3) is 3.77. The van der Waals surface area contributed by atoms with E-state index in [9.17, 15) is 14.9 Å². The number of non-ortho nitro benzene ring substituents is 1. The highest BCUT2D eigenvalue weighted by Gasteiger charge is 2.23. The molecule has 140 valence electrons. The molecule has 3 aromatic rings. The average molecular weight is 390 g/mol. The van der Waals surface area contributed by atoms with Gasteiger partial charge in [0.2, 0.25) is 0 Å². The second-order valence-electron chi connectivity index (χ2n) is 6.59. The highest BCUT2D eigenvalue weighted by molar-refractivity contribution is 7.99. The van der Waals surface area contributed by atoms with E-state index in [1.54, 1.807) is 12.1 Å². The molecule has 0 spiro atoms. The number of carbonyl (C=O) groups is 1. The van der Waals surface area contributed by atoms with E-state index in [2.05, 4.69) is 12.1 Å². The smallest absolute Gasteiger partial charge is 0.269 e. The van der Waals surface area contributed by atoms with E-state index in [0.717, 1.165) is 16.2 Å². The van der Waals surface area contributed by atoms with Crippen LogP contribution in [0.2, 0.25) is 0 Å². The maximum absolute atomic E-state index is 13.2. The van der Waals surface area contributed by atoms with Gasteiger partial charge in [0.1, 0.15) is 0 Å². The van der Waals surface area contributed by atoms with Crippen molar-refractivity contribution in [2.75, 3.05) is 6.54 Å². The van der Waals surface area contributed by atoms with Crippen molar-refractivity contribution in [3.63, 3.8) is 0 Å². The SMILES string of the molecule is O=C(c1ccccc1Sc1ccc([N+](=O)[O-])cc1)N1CCc2ccccc2C1. The maximum atomic E-state index is 13.2. The number of fused-ring (bicyclic) bond motifs is 1. The lowest BCUT2D eigenvalue weighted by Crippen LogP contribution is -2.36. The standard InChI is InChI=1S/C22H18N2O3S/c25-22(23-14-13-16-5-1-2-6-17(16)15-23)20-7-3-4-8-21(20)28-19-11-9-18(10-12-19)24(26)27/h1-12H,13-15H2. The molecule has 3 aromatic carbocycles. The Morgan fingerprint density at radius 3 is 2.36 bits per heavy atom. The lowest BCUT2D eigenvalue weighted by Gasteiger charge is -2.29. The highest BCUT2D eigenvalue weighted by Crippen LogP contribution is 2.32. The highest BCUT2D eigenvalue weighted by atomic mass is 32.2. The van der Waals surface area contributed by atoms with Crippen LogP contribution in [-0.4, -0.2) is 22.3 Å². The number of nitrogens with zero attached hydrogens (tertiary/aromatic N) is 2. The second kappa shape index (κ2) is 7.86. The fourth-order valence-electron chi connectivity index (χ4n) is 3.33. The average Bonchev–Trinajstić information content (AvgIpc) is 2.73. The van der Waals surface area contributed by atoms with Gasteiger partial charge in [-0.3, -0.25) is 14.9 Å². The van der Waals surface area contributed by atoms with Crippen molar-refractivity contribution in [2.45, 2.75) is 22.8 Å². The molecule has 5 nitrogen and oxygen atoms in total. The predicted octanol–water partition coefficient (Wildman–Crippen LogP) is 4.94. The largest absolute Gasteiger partial charge is 0.334 e. The monoisotopic (exact) mass is 390 g/mol. The van der Waals surface area contributed by atoms with Crippen LogP contribution in [0.1, 0.15) is 21.5 Å². The van der Waals surface area contributed by atoms with Crippen LogP contribution in [-0.2, 0) is 13.0 Å². The van der Waals surface area contributed by atoms with Crippen LogP contribution in [0.15, 0.2) is 82.6 Å². The van der Waals surface area contributed by atoms with Gasteiger partial charge in [-0.2, -0.15) is 0 Å². The molecule has 0 aromatic heterocycles. The molecule has 0 saturated carbocycles. The molecular weight excluding hydrogens is 372 g/mol. The van der Waals surface area contributed by atoms with Gasteiger partial charge in [-0.05, 0) is 41.8 Å². The lowest BCUT2D eigenvalue weighted by atomic mass is 9.99. The van der Waals surface area contributed by atoms with Crippen molar-refractivity contribution in [1.82, 2.24) is 4.90 Å². The minimum Gasteiger partial charge on any atom is -0.334 e. The zero-order chi connectivity index (χ0) is 19.5. The summed E-state index contributed by atoms with van der Waals surface area (Å²) < 4.78 is 0. The van der Waals surface area contributed by atoms with Crippen molar-refractivity contribution < 1.29 is 9.72 Å². The van der Waals surface area contributed by atoms with E-state index in [0.29, 0.717) is 18.7 Å². The Balaban J connectivity index is 1.56. The van der Waals surface area contributed by atoms with E-state index in [1.165, 1.54) is 35.0 Å². The number of rotatable bonds is 4. The number of nitro groups is 1. The van der Waals surface area contributed by atoms with Gasteiger partial charge in [-0.1, -0.05) is 48.2 Å². The number of hydrogen-bond acceptors (Lipinski definition) is 4. The molecule has 0 fully saturated rings. The topological polar surface area (TPSA) is 63.4 Å². The quantitative estimate of drug-likeness (QED) is 0.467. The summed E-state index contributed by atoms with van der Waals surface area (Å²) >= 11 is 1.44. The second-order valence-corrected chi connectivity index (χ2v) is 7.71. The molecule has 4 rings (SSSR count). The maximum Gasteiger partial charge on any atom is 0.269 e. The van der Waals surface area contributed by atoms with Crippen molar-refractivity contribution in [3.05, 3.63) is 99.6 Å². The first-order chi connectivity index (χ1) is 13.6. The van der Waals surface area contributed by atoms with Crippen molar-refractivity contribution in [3.8, 4) is 0 Å². The summed E-state index contributed by atoms with van der Waals surface area (Å²) in [6, 6.07) is 22.1. The molecule has 0 N–H and O–H groups in total. The predicted molar refractivity (Wildman–Crippen MR) is 109 cm³/mol. The van der Waals surface area contributed by atoms with Crippen LogP contribution in [0.5, 0.6) is 0 Å². The molecule has 0 unspecified atom stereocenters. The van der Waals surface area contributed by atoms with Crippen LogP contribution >= 0.6 is 11.8 Å². The molecule has 1 amide bonds. The van der Waals surface area contributed by atoms with Crippen molar-refractivity contribution in [2.24, 2.45) is 0 Å². The first-order valence-corrected chi connectivity index (χ1v) is 9.81. The molecule has 1 aliphatic rings. The van der Waals surface area contributed by atoms with Gasteiger partial charge in [0.05, 0.1) is 10.5 Å². The molecule has 0 bridgehead atoms. The molecule has 0 atom stereocenters. The van der Waals surface area contributed by atoms with Crippen molar-refractivity contribution >= 4 is 23.4 Å². The number of nitro benzene ring substituents is 1. The molecule has 1 aliphatic heterocycles. The number of amides is 1. The van der Waals surface area contributed by atoms with Crippen molar-refractivity contribution in [1.29, 1.82) is 0 Å². The Hall–Kier alpha value is -3.12. The summed E-state index contributed by atoms with van der Waals surface area (Å²) in [5, 5.41) is 10.8. The Morgan fingerprint density at radius 1 is 0.929 bits per heavy atom. The summed E-state index contributed by atoms with van der Waals surface area (Å²) in [4.78, 5) is 27.2. The van der Waals surface area contributed by atoms with E-state index >= 15 is 0 Å². The number of hydrogen-bond donors (Lipinski definition) is 0. The van der Waals surface area contributed by atoms with Gasteiger partial charge >= 0.3 is 0 Å². The molecule has 0 aliphatic carbocycles. The lowest BCUT2D eigenvalue weighted by molar-refractivity contribution is -0.384. The van der Waals surface area contributed by atoms with E-state index < -0.39 is 4.92 Å². The van der Waals surface area contributed by atoms with Crippen LogP contribution < -0.4 is 0 Å². The van der Waals surface area contributed by atoms with Gasteiger partial charge in [0.25, 0.3) is 11.6 Å². The van der Waals surface area contributed by atoms with E-state index in [1.807, 2.05) is 41.3 Å². The summed E-state index contributed by atoms with van der Waals surface area (Å²) in [7, 11) is 0. The zero-order valence-corrected chi connectivity index (χ0v) is 15.9. The molecular formula is C22H18N2O3S. The third-order valence-electron chi connectivity index (χ3n) is 4.81. The zero-order valence-electron chi connectivity index (χ0n) is 15.1. The Labute approximate surface area is 167 Å². The first kappa shape index (κ1) is 18.3. The van der Waals surface area contributed by atoms with Gasteiger partial charge in [-0.25, -0.2) is 0 Å². The molecule has 1 heterocycles. The Morgan fingerprint density at radius 2 is 1.61 bits per heavy atom. The van der Waals surface area contributed by atoms with Crippen LogP contribution in [0.25, 0.3) is 0 Å². The minimum atomic E-state index is -0.417. The summed E-state index contributed by atoms with van der Waals surface area (Å²) in [5.41, 5.74) is 3.22. The first-order valence-electron chi connectivity index (χ1n) is 8.99. The number of carbonyl (C=O) groups excluding carboxylic acids is 1. The normalized spacial score (nSPS) is 13.1. The van der Waals surface area contributed by atoms with Crippen LogP contribution in [0.4, 0.5) is 5.69 Å². The van der Waals surface area contributed by atoms with Gasteiger partial charge in [0.15, 0.2) is 0 Å². The van der Waals surface area contributed by atoms with Crippen LogP contribution in [0.3, 0.4) is 0 Å². The Kier molecular flexibility index (Phi) is 5.12. The molecule has 0 saturated heterocycles. The van der Waals surface area contributed by atoms with Gasteiger partial charge in [-0.15, -0.1) is 0 Å². The molecule has 0 radical (unpaired) electrons. The summed E-state index contributed by atoms with van der Waals surface area (Å²) in [5.74, 6) is 0.0134. The van der Waals surface area contributed by atoms with E-state index in [-0.39, 0.29) is 11.6 Å². The van der Waals surface area contributed by atoms with E-state index in [4.69, 9.17) is 0 Å².